The van der Waals surface area contributed by atoms with E-state index in [-0.39, 0.29) is 9.88 Å². The summed E-state index contributed by atoms with van der Waals surface area (Å²) in [4.78, 5) is 0.356. The summed E-state index contributed by atoms with van der Waals surface area (Å²) in [5.74, 6) is 0. The number of thiocarbonyl (C=S) groups is 1. The lowest BCUT2D eigenvalue weighted by molar-refractivity contribution is 0.502. The van der Waals surface area contributed by atoms with Gasteiger partial charge in [0.05, 0.1) is 22.4 Å². The molecule has 0 unspecified atom stereocenters. The summed E-state index contributed by atoms with van der Waals surface area (Å²) in [5, 5.41) is 6.33. The van der Waals surface area contributed by atoms with E-state index in [9.17, 15) is 8.42 Å². The van der Waals surface area contributed by atoms with Crippen molar-refractivity contribution in [2.45, 2.75) is 43.0 Å². The molecule has 0 amide bonds. The summed E-state index contributed by atoms with van der Waals surface area (Å²) in [6, 6.07) is 0. The van der Waals surface area contributed by atoms with Crippen LogP contribution in [-0.2, 0) is 10.0 Å². The van der Waals surface area contributed by atoms with Gasteiger partial charge < -0.3 is 5.73 Å². The fourth-order valence-electron chi connectivity index (χ4n) is 2.30. The Morgan fingerprint density at radius 1 is 1.56 bits per heavy atom. The number of nitrogens with two attached hydrogens (primary N) is 1. The minimum Gasteiger partial charge on any atom is -0.392 e. The molecule has 0 aliphatic heterocycles. The maximum absolute atomic E-state index is 12.3. The minimum absolute atomic E-state index is 0.144. The standard InChI is InChI=1S/C10H16N4O2S2/c1-7-8(6-12-13-7)18(15,16)14-10(9(11)17)4-2-3-5-10/h6,14H,2-5H2,1H3,(H2,11,17)(H,12,13). The van der Waals surface area contributed by atoms with Crippen molar-refractivity contribution >= 4 is 27.2 Å². The Kier molecular flexibility index (Phi) is 3.43. The first-order valence-electron chi connectivity index (χ1n) is 5.71. The molecule has 4 N–H and O–H groups in total. The van der Waals surface area contributed by atoms with E-state index >= 15 is 0 Å². The van der Waals surface area contributed by atoms with Crippen LogP contribution in [-0.4, -0.2) is 29.1 Å². The highest BCUT2D eigenvalue weighted by atomic mass is 32.2. The lowest BCUT2D eigenvalue weighted by Crippen LogP contribution is -2.54. The third-order valence-electron chi connectivity index (χ3n) is 3.33. The second-order valence-electron chi connectivity index (χ2n) is 4.62. The first kappa shape index (κ1) is 13.4. The molecule has 0 aromatic carbocycles. The Labute approximate surface area is 111 Å². The fraction of sp³-hybridized carbons (Fsp3) is 0.600. The maximum atomic E-state index is 12.3. The van der Waals surface area contributed by atoms with Crippen molar-refractivity contribution in [2.75, 3.05) is 0 Å². The SMILES string of the molecule is Cc1[nH]ncc1S(=O)(=O)NC1(C(N)=S)CCCC1. The van der Waals surface area contributed by atoms with Crippen LogP contribution in [0.4, 0.5) is 0 Å². The molecule has 1 saturated carbocycles. The number of hydrogen-bond donors (Lipinski definition) is 3. The van der Waals surface area contributed by atoms with E-state index in [2.05, 4.69) is 14.9 Å². The van der Waals surface area contributed by atoms with Gasteiger partial charge in [-0.3, -0.25) is 5.10 Å². The first-order chi connectivity index (χ1) is 8.37. The normalized spacial score (nSPS) is 18.9. The van der Waals surface area contributed by atoms with E-state index in [0.29, 0.717) is 18.5 Å². The molecule has 8 heteroatoms. The molecule has 2 rings (SSSR count). The van der Waals surface area contributed by atoms with Crippen molar-refractivity contribution in [3.63, 3.8) is 0 Å². The Morgan fingerprint density at radius 2 is 2.17 bits per heavy atom. The maximum Gasteiger partial charge on any atom is 0.244 e. The van der Waals surface area contributed by atoms with Gasteiger partial charge in [0.15, 0.2) is 0 Å². The predicted molar refractivity (Wildman–Crippen MR) is 71.6 cm³/mol. The molecule has 0 radical (unpaired) electrons. The second kappa shape index (κ2) is 4.60. The van der Waals surface area contributed by atoms with Crippen LogP contribution in [0.25, 0.3) is 0 Å². The molecule has 0 atom stereocenters. The Morgan fingerprint density at radius 3 is 2.61 bits per heavy atom. The topological polar surface area (TPSA) is 101 Å². The van der Waals surface area contributed by atoms with Gasteiger partial charge in [-0.05, 0) is 19.8 Å². The Bertz CT molecular complexity index is 558. The smallest absolute Gasteiger partial charge is 0.244 e. The van der Waals surface area contributed by atoms with Gasteiger partial charge in [0.1, 0.15) is 4.90 Å². The molecular formula is C10H16N4O2S2. The number of nitrogens with zero attached hydrogens (tertiary/aromatic N) is 1. The van der Waals surface area contributed by atoms with Crippen LogP contribution in [0, 0.1) is 6.92 Å². The number of H-pyrrole nitrogens is 1. The molecule has 6 nitrogen and oxygen atoms in total. The van der Waals surface area contributed by atoms with Crippen LogP contribution in [0.2, 0.25) is 0 Å². The summed E-state index contributed by atoms with van der Waals surface area (Å²) < 4.78 is 27.2. The van der Waals surface area contributed by atoms with Gasteiger partial charge in [-0.15, -0.1) is 0 Å². The van der Waals surface area contributed by atoms with Crippen LogP contribution in [0.5, 0.6) is 0 Å². The number of hydrogen-bond acceptors (Lipinski definition) is 4. The molecule has 100 valence electrons. The highest BCUT2D eigenvalue weighted by Crippen LogP contribution is 2.31. The molecule has 1 fully saturated rings. The third-order valence-corrected chi connectivity index (χ3v) is 5.37. The van der Waals surface area contributed by atoms with Gasteiger partial charge in [-0.1, -0.05) is 25.1 Å². The van der Waals surface area contributed by atoms with Gasteiger partial charge >= 0.3 is 0 Å². The van der Waals surface area contributed by atoms with E-state index in [1.165, 1.54) is 6.20 Å². The van der Waals surface area contributed by atoms with Crippen LogP contribution in [0.15, 0.2) is 11.1 Å². The average Bonchev–Trinajstić information content (AvgIpc) is 2.87. The first-order valence-corrected chi connectivity index (χ1v) is 7.60. The minimum atomic E-state index is -3.65. The van der Waals surface area contributed by atoms with E-state index in [4.69, 9.17) is 18.0 Å². The van der Waals surface area contributed by atoms with Crippen LogP contribution >= 0.6 is 12.2 Å². The molecule has 0 saturated heterocycles. The van der Waals surface area contributed by atoms with Gasteiger partial charge in [-0.2, -0.15) is 9.82 Å². The second-order valence-corrected chi connectivity index (χ2v) is 6.71. The van der Waals surface area contributed by atoms with E-state index in [1.54, 1.807) is 6.92 Å². The quantitative estimate of drug-likeness (QED) is 0.704. The van der Waals surface area contributed by atoms with Crippen molar-refractivity contribution in [2.24, 2.45) is 5.73 Å². The number of rotatable bonds is 4. The number of sulfonamides is 1. The van der Waals surface area contributed by atoms with Crippen molar-refractivity contribution in [3.05, 3.63) is 11.9 Å². The largest absolute Gasteiger partial charge is 0.392 e. The lowest BCUT2D eigenvalue weighted by Gasteiger charge is -2.28. The molecule has 0 bridgehead atoms. The van der Waals surface area contributed by atoms with Crippen LogP contribution in [0.3, 0.4) is 0 Å². The van der Waals surface area contributed by atoms with Gasteiger partial charge in [0.25, 0.3) is 0 Å². The Hall–Kier alpha value is -0.990. The molecule has 1 aromatic heterocycles. The van der Waals surface area contributed by atoms with E-state index in [1.807, 2.05) is 0 Å². The molecular weight excluding hydrogens is 272 g/mol. The molecule has 1 aromatic rings. The number of aromatic nitrogens is 2. The van der Waals surface area contributed by atoms with Crippen molar-refractivity contribution in [3.8, 4) is 0 Å². The molecule has 1 heterocycles. The average molecular weight is 288 g/mol. The van der Waals surface area contributed by atoms with E-state index < -0.39 is 15.6 Å². The molecule has 0 spiro atoms. The zero-order chi connectivity index (χ0) is 13.4. The fourth-order valence-corrected chi connectivity index (χ4v) is 4.20. The summed E-state index contributed by atoms with van der Waals surface area (Å²) in [5.41, 5.74) is 5.43. The molecule has 1 aliphatic rings. The van der Waals surface area contributed by atoms with Crippen molar-refractivity contribution < 1.29 is 8.42 Å². The van der Waals surface area contributed by atoms with Gasteiger partial charge in [0.2, 0.25) is 10.0 Å². The summed E-state index contributed by atoms with van der Waals surface area (Å²) in [6.45, 7) is 1.66. The highest BCUT2D eigenvalue weighted by molar-refractivity contribution is 7.89. The van der Waals surface area contributed by atoms with Crippen LogP contribution < -0.4 is 10.5 Å². The Balaban J connectivity index is 2.33. The third kappa shape index (κ3) is 2.27. The monoisotopic (exact) mass is 288 g/mol. The number of aryl methyl sites for hydroxylation is 1. The van der Waals surface area contributed by atoms with Gasteiger partial charge in [0, 0.05) is 0 Å². The number of aromatic amines is 1. The predicted octanol–water partition coefficient (Wildman–Crippen LogP) is 0.595. The molecule has 18 heavy (non-hydrogen) atoms. The number of nitrogens with one attached hydrogen (secondary N) is 2. The summed E-state index contributed by atoms with van der Waals surface area (Å²) in [6.07, 6.45) is 4.44. The zero-order valence-corrected chi connectivity index (χ0v) is 11.7. The van der Waals surface area contributed by atoms with Crippen LogP contribution in [0.1, 0.15) is 31.4 Å². The lowest BCUT2D eigenvalue weighted by atomic mass is 10.00. The van der Waals surface area contributed by atoms with Crippen molar-refractivity contribution in [1.29, 1.82) is 0 Å². The van der Waals surface area contributed by atoms with Gasteiger partial charge in [-0.25, -0.2) is 8.42 Å². The summed E-state index contributed by atoms with van der Waals surface area (Å²) >= 11 is 5.03. The molecule has 1 aliphatic carbocycles. The van der Waals surface area contributed by atoms with Crippen molar-refractivity contribution in [1.82, 2.24) is 14.9 Å². The van der Waals surface area contributed by atoms with E-state index in [0.717, 1.165) is 12.8 Å². The summed E-state index contributed by atoms with van der Waals surface area (Å²) in [7, 11) is -3.65. The highest BCUT2D eigenvalue weighted by Gasteiger charge is 2.41. The zero-order valence-electron chi connectivity index (χ0n) is 10.1.